The van der Waals surface area contributed by atoms with E-state index in [0.29, 0.717) is 12.4 Å². The fraction of sp³-hybridized carbons (Fsp3) is 0.545. The van der Waals surface area contributed by atoms with Crippen LogP contribution in [-0.2, 0) is 0 Å². The minimum absolute atomic E-state index is 0.522. The van der Waals surface area contributed by atoms with Gasteiger partial charge in [0.25, 0.3) is 0 Å². The highest BCUT2D eigenvalue weighted by Crippen LogP contribution is 2.17. The van der Waals surface area contributed by atoms with Gasteiger partial charge in [0.1, 0.15) is 5.82 Å². The first-order valence-electron chi connectivity index (χ1n) is 5.52. The molecule has 1 aromatic heterocycles. The Morgan fingerprint density at radius 3 is 2.69 bits per heavy atom. The summed E-state index contributed by atoms with van der Waals surface area (Å²) in [5.41, 5.74) is 2.72. The highest BCUT2D eigenvalue weighted by Gasteiger charge is 2.21. The number of rotatable bonds is 6. The molecule has 1 rings (SSSR count). The number of hydrogen-bond donors (Lipinski definition) is 4. The minimum Gasteiger partial charge on any atom is -0.388 e. The lowest BCUT2D eigenvalue weighted by Gasteiger charge is -2.26. The van der Waals surface area contributed by atoms with Crippen LogP contribution in [0.15, 0.2) is 18.3 Å². The molecule has 0 atom stereocenters. The van der Waals surface area contributed by atoms with E-state index in [-0.39, 0.29) is 0 Å². The first-order valence-corrected chi connectivity index (χ1v) is 5.52. The Bertz CT molecular complexity index is 326. The van der Waals surface area contributed by atoms with Gasteiger partial charge in [0.05, 0.1) is 5.60 Å². The third-order valence-electron chi connectivity index (χ3n) is 2.85. The summed E-state index contributed by atoms with van der Waals surface area (Å²) in [6.45, 7) is 4.48. The normalized spacial score (nSPS) is 11.2. The molecule has 0 amide bonds. The van der Waals surface area contributed by atoms with E-state index in [4.69, 9.17) is 5.84 Å². The average molecular weight is 224 g/mol. The molecule has 0 bridgehead atoms. The molecule has 1 aromatic rings. The standard InChI is InChI=1S/C11H20N4O/c1-3-11(16,4-2)8-14-9-5-6-13-10(7-9)15-12/h5-7,16H,3-4,8,12H2,1-2H3,(H2,13,14,15). The van der Waals surface area contributed by atoms with Gasteiger partial charge < -0.3 is 15.8 Å². The maximum atomic E-state index is 10.1. The molecule has 0 fully saturated rings. The molecule has 0 aliphatic rings. The molecule has 0 spiro atoms. The van der Waals surface area contributed by atoms with Gasteiger partial charge in [-0.15, -0.1) is 0 Å². The van der Waals surface area contributed by atoms with Crippen LogP contribution in [0.3, 0.4) is 0 Å². The van der Waals surface area contributed by atoms with Crippen molar-refractivity contribution in [3.05, 3.63) is 18.3 Å². The van der Waals surface area contributed by atoms with Crippen molar-refractivity contribution in [2.24, 2.45) is 5.84 Å². The molecule has 5 nitrogen and oxygen atoms in total. The van der Waals surface area contributed by atoms with Crippen LogP contribution in [0.1, 0.15) is 26.7 Å². The van der Waals surface area contributed by atoms with Gasteiger partial charge in [-0.2, -0.15) is 0 Å². The van der Waals surface area contributed by atoms with Crippen LogP contribution in [0, 0.1) is 0 Å². The summed E-state index contributed by atoms with van der Waals surface area (Å²) in [6, 6.07) is 3.64. The Morgan fingerprint density at radius 1 is 1.44 bits per heavy atom. The monoisotopic (exact) mass is 224 g/mol. The number of anilines is 2. The van der Waals surface area contributed by atoms with Crippen LogP contribution >= 0.6 is 0 Å². The van der Waals surface area contributed by atoms with E-state index in [1.54, 1.807) is 12.3 Å². The van der Waals surface area contributed by atoms with Crippen molar-refractivity contribution in [2.45, 2.75) is 32.3 Å². The van der Waals surface area contributed by atoms with E-state index in [9.17, 15) is 5.11 Å². The van der Waals surface area contributed by atoms with Crippen molar-refractivity contribution in [1.29, 1.82) is 0 Å². The molecular weight excluding hydrogens is 204 g/mol. The van der Waals surface area contributed by atoms with Gasteiger partial charge in [-0.3, -0.25) is 0 Å². The summed E-state index contributed by atoms with van der Waals surface area (Å²) < 4.78 is 0. The maximum Gasteiger partial charge on any atom is 0.141 e. The zero-order valence-corrected chi connectivity index (χ0v) is 9.83. The minimum atomic E-state index is -0.653. The van der Waals surface area contributed by atoms with E-state index in [1.165, 1.54) is 0 Å². The molecule has 0 aromatic carbocycles. The van der Waals surface area contributed by atoms with Crippen molar-refractivity contribution in [3.8, 4) is 0 Å². The van der Waals surface area contributed by atoms with Crippen molar-refractivity contribution < 1.29 is 5.11 Å². The van der Waals surface area contributed by atoms with Crippen molar-refractivity contribution in [3.63, 3.8) is 0 Å². The predicted octanol–water partition coefficient (Wildman–Crippen LogP) is 1.33. The third kappa shape index (κ3) is 3.36. The van der Waals surface area contributed by atoms with Crippen LogP contribution < -0.4 is 16.6 Å². The summed E-state index contributed by atoms with van der Waals surface area (Å²) in [4.78, 5) is 4.00. The van der Waals surface area contributed by atoms with Gasteiger partial charge in [-0.25, -0.2) is 10.8 Å². The second kappa shape index (κ2) is 5.67. The topological polar surface area (TPSA) is 83.2 Å². The van der Waals surface area contributed by atoms with E-state index in [0.717, 1.165) is 18.5 Å². The number of aliphatic hydroxyl groups is 1. The largest absolute Gasteiger partial charge is 0.388 e. The zero-order chi connectivity index (χ0) is 12.0. The first-order chi connectivity index (χ1) is 7.63. The van der Waals surface area contributed by atoms with E-state index >= 15 is 0 Å². The molecule has 0 aliphatic carbocycles. The van der Waals surface area contributed by atoms with Gasteiger partial charge in [-0.05, 0) is 18.9 Å². The zero-order valence-electron chi connectivity index (χ0n) is 9.83. The Morgan fingerprint density at radius 2 is 2.12 bits per heavy atom. The summed E-state index contributed by atoms with van der Waals surface area (Å²) in [7, 11) is 0. The van der Waals surface area contributed by atoms with Crippen molar-refractivity contribution >= 4 is 11.5 Å². The number of nitrogens with zero attached hydrogens (tertiary/aromatic N) is 1. The van der Waals surface area contributed by atoms with Crippen LogP contribution in [0.5, 0.6) is 0 Å². The number of pyridine rings is 1. The molecule has 16 heavy (non-hydrogen) atoms. The molecule has 0 saturated heterocycles. The van der Waals surface area contributed by atoms with E-state index < -0.39 is 5.60 Å². The molecule has 0 aliphatic heterocycles. The third-order valence-corrected chi connectivity index (χ3v) is 2.85. The molecule has 0 saturated carbocycles. The number of nitrogens with two attached hydrogens (primary N) is 1. The number of nitrogens with one attached hydrogen (secondary N) is 2. The highest BCUT2D eigenvalue weighted by atomic mass is 16.3. The maximum absolute atomic E-state index is 10.1. The van der Waals surface area contributed by atoms with Gasteiger partial charge in [0.15, 0.2) is 0 Å². The Labute approximate surface area is 96.0 Å². The first kappa shape index (κ1) is 12.7. The number of hydrazine groups is 1. The molecule has 0 radical (unpaired) electrons. The Kier molecular flexibility index (Phi) is 4.52. The SMILES string of the molecule is CCC(O)(CC)CNc1ccnc(NN)c1. The van der Waals surface area contributed by atoms with Crippen LogP contribution in [-0.4, -0.2) is 22.2 Å². The quantitative estimate of drug-likeness (QED) is 0.433. The van der Waals surface area contributed by atoms with Crippen molar-refractivity contribution in [2.75, 3.05) is 17.3 Å². The van der Waals surface area contributed by atoms with Crippen molar-refractivity contribution in [1.82, 2.24) is 4.98 Å². The summed E-state index contributed by atoms with van der Waals surface area (Å²) in [5.74, 6) is 5.86. The Balaban J connectivity index is 2.60. The van der Waals surface area contributed by atoms with Crippen LogP contribution in [0.25, 0.3) is 0 Å². The molecule has 0 unspecified atom stereocenters. The average Bonchev–Trinajstić information content (AvgIpc) is 2.36. The molecule has 5 N–H and O–H groups in total. The fourth-order valence-corrected chi connectivity index (χ4v) is 1.39. The summed E-state index contributed by atoms with van der Waals surface area (Å²) in [5, 5.41) is 13.3. The number of nitrogen functional groups attached to an aromatic ring is 1. The summed E-state index contributed by atoms with van der Waals surface area (Å²) >= 11 is 0. The molecule has 1 heterocycles. The fourth-order valence-electron chi connectivity index (χ4n) is 1.39. The van der Waals surface area contributed by atoms with Gasteiger partial charge in [-0.1, -0.05) is 13.8 Å². The van der Waals surface area contributed by atoms with Gasteiger partial charge >= 0.3 is 0 Å². The van der Waals surface area contributed by atoms with E-state index in [2.05, 4.69) is 15.7 Å². The Hall–Kier alpha value is -1.33. The van der Waals surface area contributed by atoms with Crippen LogP contribution in [0.4, 0.5) is 11.5 Å². The predicted molar refractivity (Wildman–Crippen MR) is 66.1 cm³/mol. The molecular formula is C11H20N4O. The summed E-state index contributed by atoms with van der Waals surface area (Å²) in [6.07, 6.45) is 3.11. The lowest BCUT2D eigenvalue weighted by Crippen LogP contribution is -2.35. The smallest absolute Gasteiger partial charge is 0.141 e. The lowest BCUT2D eigenvalue weighted by molar-refractivity contribution is 0.0457. The molecule has 5 heteroatoms. The van der Waals surface area contributed by atoms with Gasteiger partial charge in [0, 0.05) is 24.5 Å². The van der Waals surface area contributed by atoms with E-state index in [1.807, 2.05) is 19.9 Å². The second-order valence-corrected chi connectivity index (χ2v) is 3.86. The van der Waals surface area contributed by atoms with Gasteiger partial charge in [0.2, 0.25) is 0 Å². The highest BCUT2D eigenvalue weighted by molar-refractivity contribution is 5.51. The number of aromatic nitrogens is 1. The van der Waals surface area contributed by atoms with Crippen LogP contribution in [0.2, 0.25) is 0 Å². The number of hydrogen-bond acceptors (Lipinski definition) is 5. The second-order valence-electron chi connectivity index (χ2n) is 3.86. The lowest BCUT2D eigenvalue weighted by atomic mass is 9.97. The molecule has 90 valence electrons.